The zero-order valence-electron chi connectivity index (χ0n) is 11.3. The number of halogens is 2. The Morgan fingerprint density at radius 1 is 1.14 bits per heavy atom. The van der Waals surface area contributed by atoms with Gasteiger partial charge in [-0.3, -0.25) is 4.98 Å². The average molecular weight is 346 g/mol. The van der Waals surface area contributed by atoms with E-state index in [1.165, 1.54) is 12.1 Å². The minimum absolute atomic E-state index is 0.303. The highest BCUT2D eigenvalue weighted by Crippen LogP contribution is 2.32. The van der Waals surface area contributed by atoms with Crippen LogP contribution >= 0.6 is 15.9 Å². The smallest absolute Gasteiger partial charge is 0.123 e. The summed E-state index contributed by atoms with van der Waals surface area (Å²) in [6.07, 6.45) is 0.860. The number of nitrogens with zero attached hydrogens (tertiary/aromatic N) is 1. The van der Waals surface area contributed by atoms with Crippen molar-refractivity contribution in [3.8, 4) is 0 Å². The van der Waals surface area contributed by atoms with Gasteiger partial charge in [0.2, 0.25) is 0 Å². The molecule has 0 aliphatic heterocycles. The maximum atomic E-state index is 13.2. The first-order valence-electron chi connectivity index (χ1n) is 6.55. The fourth-order valence-corrected chi connectivity index (χ4v) is 2.95. The number of fused-ring (bicyclic) bond motifs is 1. The lowest BCUT2D eigenvalue weighted by molar-refractivity contribution is 0.221. The van der Waals surface area contributed by atoms with Gasteiger partial charge >= 0.3 is 0 Å². The Bertz CT molecular complexity index is 819. The van der Waals surface area contributed by atoms with Crippen LogP contribution in [0.2, 0.25) is 0 Å². The SMILES string of the molecule is Cc1cc(F)ccc1C(O)c1ccc(Br)c2cccnc12. The van der Waals surface area contributed by atoms with E-state index in [0.717, 1.165) is 20.9 Å². The van der Waals surface area contributed by atoms with E-state index in [2.05, 4.69) is 20.9 Å². The second-order valence-corrected chi connectivity index (χ2v) is 5.79. The van der Waals surface area contributed by atoms with Crippen molar-refractivity contribution < 1.29 is 9.50 Å². The van der Waals surface area contributed by atoms with Gasteiger partial charge in [-0.2, -0.15) is 0 Å². The van der Waals surface area contributed by atoms with Gasteiger partial charge in [-0.15, -0.1) is 0 Å². The van der Waals surface area contributed by atoms with Crippen molar-refractivity contribution in [1.29, 1.82) is 0 Å². The summed E-state index contributed by atoms with van der Waals surface area (Å²) in [6, 6.07) is 11.9. The van der Waals surface area contributed by atoms with Crippen LogP contribution in [0.15, 0.2) is 53.1 Å². The highest BCUT2D eigenvalue weighted by atomic mass is 79.9. The Hall–Kier alpha value is -1.78. The van der Waals surface area contributed by atoms with Crippen molar-refractivity contribution in [2.24, 2.45) is 0 Å². The lowest BCUT2D eigenvalue weighted by Crippen LogP contribution is -2.04. The molecule has 1 N–H and O–H groups in total. The Labute approximate surface area is 130 Å². The van der Waals surface area contributed by atoms with Crippen molar-refractivity contribution >= 4 is 26.8 Å². The molecule has 0 amide bonds. The molecule has 2 nitrogen and oxygen atoms in total. The molecular formula is C17H13BrFNO. The van der Waals surface area contributed by atoms with Crippen LogP contribution in [0.25, 0.3) is 10.9 Å². The molecule has 0 aliphatic carbocycles. The van der Waals surface area contributed by atoms with Gasteiger partial charge in [0.25, 0.3) is 0 Å². The Balaban J connectivity index is 2.18. The monoisotopic (exact) mass is 345 g/mol. The highest BCUT2D eigenvalue weighted by molar-refractivity contribution is 9.10. The van der Waals surface area contributed by atoms with Gasteiger partial charge in [0.05, 0.1) is 5.52 Å². The van der Waals surface area contributed by atoms with Crippen LogP contribution in [0.1, 0.15) is 22.8 Å². The van der Waals surface area contributed by atoms with Gasteiger partial charge in [0.1, 0.15) is 11.9 Å². The molecule has 1 heterocycles. The molecule has 0 saturated heterocycles. The van der Waals surface area contributed by atoms with Crippen LogP contribution < -0.4 is 0 Å². The van der Waals surface area contributed by atoms with E-state index in [-0.39, 0.29) is 5.82 Å². The zero-order valence-corrected chi connectivity index (χ0v) is 12.9. The molecule has 0 bridgehead atoms. The minimum Gasteiger partial charge on any atom is -0.384 e. The van der Waals surface area contributed by atoms with Crippen molar-refractivity contribution in [3.63, 3.8) is 0 Å². The molecule has 1 atom stereocenters. The fourth-order valence-electron chi connectivity index (χ4n) is 2.49. The molecule has 1 aromatic heterocycles. The Kier molecular flexibility index (Phi) is 3.74. The topological polar surface area (TPSA) is 33.1 Å². The van der Waals surface area contributed by atoms with E-state index in [1.54, 1.807) is 19.2 Å². The van der Waals surface area contributed by atoms with Crippen LogP contribution in [0, 0.1) is 12.7 Å². The van der Waals surface area contributed by atoms with E-state index < -0.39 is 6.10 Å². The first-order chi connectivity index (χ1) is 10.1. The maximum Gasteiger partial charge on any atom is 0.123 e. The second kappa shape index (κ2) is 5.54. The fraction of sp³-hybridized carbons (Fsp3) is 0.118. The predicted molar refractivity (Wildman–Crippen MR) is 84.6 cm³/mol. The zero-order chi connectivity index (χ0) is 15.0. The first-order valence-corrected chi connectivity index (χ1v) is 7.34. The standard InChI is InChI=1S/C17H13BrFNO/c1-10-9-11(19)4-5-12(10)17(21)14-6-7-15(18)13-3-2-8-20-16(13)14/h2-9,17,21H,1H3. The van der Waals surface area contributed by atoms with Crippen molar-refractivity contribution in [2.45, 2.75) is 13.0 Å². The van der Waals surface area contributed by atoms with E-state index >= 15 is 0 Å². The summed E-state index contributed by atoms with van der Waals surface area (Å²) in [7, 11) is 0. The maximum absolute atomic E-state index is 13.2. The third-order valence-electron chi connectivity index (χ3n) is 3.57. The third kappa shape index (κ3) is 2.57. The number of pyridine rings is 1. The molecule has 0 aliphatic rings. The number of aliphatic hydroxyl groups is 1. The van der Waals surface area contributed by atoms with Gasteiger partial charge in [-0.05, 0) is 42.3 Å². The van der Waals surface area contributed by atoms with Gasteiger partial charge in [-0.25, -0.2) is 4.39 Å². The average Bonchev–Trinajstić information content (AvgIpc) is 2.47. The Morgan fingerprint density at radius 3 is 2.67 bits per heavy atom. The van der Waals surface area contributed by atoms with Crippen LogP contribution in [0.5, 0.6) is 0 Å². The van der Waals surface area contributed by atoms with Gasteiger partial charge in [0.15, 0.2) is 0 Å². The number of rotatable bonds is 2. The Morgan fingerprint density at radius 2 is 1.90 bits per heavy atom. The molecule has 0 fully saturated rings. The quantitative estimate of drug-likeness (QED) is 0.740. The molecule has 4 heteroatoms. The summed E-state index contributed by atoms with van der Waals surface area (Å²) in [4.78, 5) is 4.37. The molecule has 0 spiro atoms. The van der Waals surface area contributed by atoms with Gasteiger partial charge in [-0.1, -0.05) is 34.1 Å². The molecule has 106 valence electrons. The van der Waals surface area contributed by atoms with E-state index in [0.29, 0.717) is 11.1 Å². The largest absolute Gasteiger partial charge is 0.384 e. The molecular weight excluding hydrogens is 333 g/mol. The molecule has 0 saturated carbocycles. The summed E-state index contributed by atoms with van der Waals surface area (Å²) in [5.74, 6) is -0.303. The summed E-state index contributed by atoms with van der Waals surface area (Å²) in [5, 5.41) is 11.6. The van der Waals surface area contributed by atoms with Crippen LogP contribution in [0.3, 0.4) is 0 Å². The number of aliphatic hydroxyl groups excluding tert-OH is 1. The first kappa shape index (κ1) is 14.2. The van der Waals surface area contributed by atoms with Gasteiger partial charge in [0, 0.05) is 21.6 Å². The third-order valence-corrected chi connectivity index (χ3v) is 4.26. The molecule has 1 unspecified atom stereocenters. The summed E-state index contributed by atoms with van der Waals surface area (Å²) in [6.45, 7) is 1.79. The summed E-state index contributed by atoms with van der Waals surface area (Å²) >= 11 is 3.49. The molecule has 0 radical (unpaired) electrons. The van der Waals surface area contributed by atoms with Crippen LogP contribution in [-0.4, -0.2) is 10.1 Å². The van der Waals surface area contributed by atoms with E-state index in [1.807, 2.05) is 24.3 Å². The summed E-state index contributed by atoms with van der Waals surface area (Å²) < 4.78 is 14.1. The number of aryl methyl sites for hydroxylation is 1. The lowest BCUT2D eigenvalue weighted by atomic mass is 9.95. The van der Waals surface area contributed by atoms with E-state index in [4.69, 9.17) is 0 Å². The summed E-state index contributed by atoms with van der Waals surface area (Å²) in [5.41, 5.74) is 2.85. The van der Waals surface area contributed by atoms with Crippen molar-refractivity contribution in [1.82, 2.24) is 4.98 Å². The normalized spacial score (nSPS) is 12.6. The van der Waals surface area contributed by atoms with Gasteiger partial charge < -0.3 is 5.11 Å². The molecule has 21 heavy (non-hydrogen) atoms. The minimum atomic E-state index is -0.837. The molecule has 3 rings (SSSR count). The highest BCUT2D eigenvalue weighted by Gasteiger charge is 2.17. The lowest BCUT2D eigenvalue weighted by Gasteiger charge is -2.16. The number of hydrogen-bond acceptors (Lipinski definition) is 2. The van der Waals surface area contributed by atoms with Crippen LogP contribution in [0.4, 0.5) is 4.39 Å². The van der Waals surface area contributed by atoms with Crippen LogP contribution in [-0.2, 0) is 0 Å². The molecule has 3 aromatic rings. The van der Waals surface area contributed by atoms with Crippen molar-refractivity contribution in [2.75, 3.05) is 0 Å². The molecule has 2 aromatic carbocycles. The number of hydrogen-bond donors (Lipinski definition) is 1. The number of benzene rings is 2. The predicted octanol–water partition coefficient (Wildman–Crippen LogP) is 4.53. The van der Waals surface area contributed by atoms with Crippen molar-refractivity contribution in [3.05, 3.63) is 75.6 Å². The second-order valence-electron chi connectivity index (χ2n) is 4.94. The number of aromatic nitrogens is 1. The van der Waals surface area contributed by atoms with E-state index in [9.17, 15) is 9.50 Å².